The van der Waals surface area contributed by atoms with Gasteiger partial charge in [-0.15, -0.1) is 10.2 Å². The van der Waals surface area contributed by atoms with Crippen molar-refractivity contribution in [2.45, 2.75) is 39.1 Å². The zero-order valence-corrected chi connectivity index (χ0v) is 18.0. The highest BCUT2D eigenvalue weighted by atomic mass is 35.5. The van der Waals surface area contributed by atoms with E-state index in [2.05, 4.69) is 33.5 Å². The van der Waals surface area contributed by atoms with Crippen molar-refractivity contribution < 1.29 is 9.53 Å². The predicted octanol–water partition coefficient (Wildman–Crippen LogP) is 4.27. The number of nitrogens with one attached hydrogen (secondary N) is 1. The quantitative estimate of drug-likeness (QED) is 0.423. The minimum Gasteiger partial charge on any atom is -0.485 e. The molecule has 0 saturated heterocycles. The lowest BCUT2D eigenvalue weighted by atomic mass is 10.1. The van der Waals surface area contributed by atoms with Gasteiger partial charge in [-0.2, -0.15) is 0 Å². The molecule has 2 aromatic heterocycles. The maximum absolute atomic E-state index is 12.2. The number of hydrogen-bond donors (Lipinski definition) is 1. The molecule has 0 spiro atoms. The van der Waals surface area contributed by atoms with E-state index in [1.54, 1.807) is 18.3 Å². The summed E-state index contributed by atoms with van der Waals surface area (Å²) in [7, 11) is 0. The standard InChI is InChI=1S/C20H22ClN5O2S/c1-4-26-17(11-28-16-9-5-7-13(2)14(16)3)24-25-20(26)29-12-18(27)23-15-8-6-10-22-19(15)21/h5-10H,4,11-12H2,1-3H3,(H,23,27). The Hall–Kier alpha value is -2.58. The maximum atomic E-state index is 12.2. The normalized spacial score (nSPS) is 10.8. The number of benzene rings is 1. The van der Waals surface area contributed by atoms with E-state index >= 15 is 0 Å². The van der Waals surface area contributed by atoms with Crippen LogP contribution in [0.1, 0.15) is 23.9 Å². The molecule has 29 heavy (non-hydrogen) atoms. The SMILES string of the molecule is CCn1c(COc2cccc(C)c2C)nnc1SCC(=O)Nc1cccnc1Cl. The highest BCUT2D eigenvalue weighted by Gasteiger charge is 2.15. The summed E-state index contributed by atoms with van der Waals surface area (Å²) in [4.78, 5) is 16.2. The molecule has 1 aromatic carbocycles. The number of ether oxygens (including phenoxy) is 1. The van der Waals surface area contributed by atoms with Crippen molar-refractivity contribution >= 4 is 35.0 Å². The first-order valence-corrected chi connectivity index (χ1v) is 10.5. The lowest BCUT2D eigenvalue weighted by Gasteiger charge is -2.11. The molecule has 0 saturated carbocycles. The van der Waals surface area contributed by atoms with E-state index in [0.717, 1.165) is 11.3 Å². The molecule has 152 valence electrons. The van der Waals surface area contributed by atoms with Gasteiger partial charge >= 0.3 is 0 Å². The minimum absolute atomic E-state index is 0.182. The van der Waals surface area contributed by atoms with Gasteiger partial charge in [-0.25, -0.2) is 4.98 Å². The molecule has 0 radical (unpaired) electrons. The van der Waals surface area contributed by atoms with Crippen LogP contribution >= 0.6 is 23.4 Å². The van der Waals surface area contributed by atoms with Crippen LogP contribution in [0.25, 0.3) is 0 Å². The second kappa shape index (κ2) is 9.76. The second-order valence-corrected chi connectivity index (χ2v) is 7.61. The molecule has 7 nitrogen and oxygen atoms in total. The molecule has 2 heterocycles. The number of aromatic nitrogens is 4. The van der Waals surface area contributed by atoms with Gasteiger partial charge in [0.05, 0.1) is 11.4 Å². The summed E-state index contributed by atoms with van der Waals surface area (Å²) < 4.78 is 7.89. The first-order valence-electron chi connectivity index (χ1n) is 9.13. The Balaban J connectivity index is 1.61. The zero-order valence-electron chi connectivity index (χ0n) is 16.5. The van der Waals surface area contributed by atoms with Crippen molar-refractivity contribution in [3.05, 3.63) is 58.6 Å². The molecular formula is C20H22ClN5O2S. The van der Waals surface area contributed by atoms with E-state index in [9.17, 15) is 4.79 Å². The first-order chi connectivity index (χ1) is 14.0. The van der Waals surface area contributed by atoms with Crippen LogP contribution in [-0.2, 0) is 17.9 Å². The summed E-state index contributed by atoms with van der Waals surface area (Å²) in [5.74, 6) is 1.54. The summed E-state index contributed by atoms with van der Waals surface area (Å²) in [6, 6.07) is 9.38. The molecule has 0 fully saturated rings. The van der Waals surface area contributed by atoms with E-state index in [1.807, 2.05) is 30.5 Å². The molecule has 0 aliphatic rings. The first kappa shape index (κ1) is 21.1. The predicted molar refractivity (Wildman–Crippen MR) is 115 cm³/mol. The summed E-state index contributed by atoms with van der Waals surface area (Å²) in [6.45, 7) is 7.07. The number of nitrogens with zero attached hydrogens (tertiary/aromatic N) is 4. The average molecular weight is 432 g/mol. The van der Waals surface area contributed by atoms with Crippen molar-refractivity contribution in [3.63, 3.8) is 0 Å². The third-order valence-electron chi connectivity index (χ3n) is 4.39. The molecule has 0 aliphatic heterocycles. The zero-order chi connectivity index (χ0) is 20.8. The smallest absolute Gasteiger partial charge is 0.234 e. The largest absolute Gasteiger partial charge is 0.485 e. The van der Waals surface area contributed by atoms with Crippen LogP contribution < -0.4 is 10.1 Å². The molecule has 0 aliphatic carbocycles. The van der Waals surface area contributed by atoms with E-state index in [0.29, 0.717) is 29.8 Å². The lowest BCUT2D eigenvalue weighted by molar-refractivity contribution is -0.113. The third kappa shape index (κ3) is 5.27. The number of thioether (sulfide) groups is 1. The monoisotopic (exact) mass is 431 g/mol. The number of carbonyl (C=O) groups is 1. The Morgan fingerprint density at radius 1 is 1.24 bits per heavy atom. The summed E-state index contributed by atoms with van der Waals surface area (Å²) in [6.07, 6.45) is 1.57. The van der Waals surface area contributed by atoms with Crippen molar-refractivity contribution in [1.82, 2.24) is 19.7 Å². The van der Waals surface area contributed by atoms with Crippen molar-refractivity contribution in [2.24, 2.45) is 0 Å². The van der Waals surface area contributed by atoms with Gasteiger partial charge in [0.15, 0.2) is 16.1 Å². The second-order valence-electron chi connectivity index (χ2n) is 6.31. The van der Waals surface area contributed by atoms with Gasteiger partial charge in [0.25, 0.3) is 0 Å². The number of hydrogen-bond acceptors (Lipinski definition) is 6. The highest BCUT2D eigenvalue weighted by molar-refractivity contribution is 7.99. The number of aryl methyl sites for hydroxylation is 1. The fraction of sp³-hybridized carbons (Fsp3) is 0.300. The number of anilines is 1. The Labute approximate surface area is 178 Å². The Morgan fingerprint density at radius 2 is 2.07 bits per heavy atom. The molecular weight excluding hydrogens is 410 g/mol. The van der Waals surface area contributed by atoms with E-state index in [-0.39, 0.29) is 16.8 Å². The molecule has 1 N–H and O–H groups in total. The molecule has 9 heteroatoms. The minimum atomic E-state index is -0.191. The molecule has 0 atom stereocenters. The van der Waals surface area contributed by atoms with Crippen molar-refractivity contribution in [1.29, 1.82) is 0 Å². The molecule has 3 aromatic rings. The van der Waals surface area contributed by atoms with E-state index < -0.39 is 0 Å². The van der Waals surface area contributed by atoms with Crippen molar-refractivity contribution in [3.8, 4) is 5.75 Å². The van der Waals surface area contributed by atoms with Gasteiger partial charge < -0.3 is 14.6 Å². The Kier molecular flexibility index (Phi) is 7.11. The van der Waals surface area contributed by atoms with Crippen LogP contribution in [0, 0.1) is 13.8 Å². The molecule has 0 unspecified atom stereocenters. The van der Waals surface area contributed by atoms with Crippen molar-refractivity contribution in [2.75, 3.05) is 11.1 Å². The molecule has 1 amide bonds. The van der Waals surface area contributed by atoms with Gasteiger partial charge in [-0.1, -0.05) is 35.5 Å². The van der Waals surface area contributed by atoms with Gasteiger partial charge in [0.1, 0.15) is 12.4 Å². The van der Waals surface area contributed by atoms with Gasteiger partial charge in [0, 0.05) is 12.7 Å². The number of halogens is 1. The Bertz CT molecular complexity index is 1010. The topological polar surface area (TPSA) is 81.9 Å². The van der Waals surface area contributed by atoms with Gasteiger partial charge in [-0.05, 0) is 50.1 Å². The fourth-order valence-corrected chi connectivity index (χ4v) is 3.66. The summed E-state index contributed by atoms with van der Waals surface area (Å²) >= 11 is 7.28. The number of pyridine rings is 1. The maximum Gasteiger partial charge on any atom is 0.234 e. The highest BCUT2D eigenvalue weighted by Crippen LogP contribution is 2.23. The van der Waals surface area contributed by atoms with E-state index in [4.69, 9.17) is 16.3 Å². The van der Waals surface area contributed by atoms with Crippen LogP contribution in [0.2, 0.25) is 5.15 Å². The van der Waals surface area contributed by atoms with Gasteiger partial charge in [-0.3, -0.25) is 4.79 Å². The number of amides is 1. The number of rotatable bonds is 8. The Morgan fingerprint density at radius 3 is 2.83 bits per heavy atom. The fourth-order valence-electron chi connectivity index (χ4n) is 2.67. The van der Waals surface area contributed by atoms with Crippen LogP contribution in [0.3, 0.4) is 0 Å². The van der Waals surface area contributed by atoms with E-state index in [1.165, 1.54) is 17.3 Å². The van der Waals surface area contributed by atoms with Gasteiger partial charge in [0.2, 0.25) is 5.91 Å². The summed E-state index contributed by atoms with van der Waals surface area (Å²) in [5.41, 5.74) is 2.77. The average Bonchev–Trinajstić information content (AvgIpc) is 3.11. The van der Waals surface area contributed by atoms with Crippen LogP contribution in [0.15, 0.2) is 41.7 Å². The molecule has 0 bridgehead atoms. The molecule has 3 rings (SSSR count). The van der Waals surface area contributed by atoms with Crippen LogP contribution in [0.4, 0.5) is 5.69 Å². The number of carbonyl (C=O) groups excluding carboxylic acids is 1. The third-order valence-corrected chi connectivity index (χ3v) is 5.65. The summed E-state index contributed by atoms with van der Waals surface area (Å²) in [5, 5.41) is 12.1. The van der Waals surface area contributed by atoms with Crippen LogP contribution in [0.5, 0.6) is 5.75 Å². The lowest BCUT2D eigenvalue weighted by Crippen LogP contribution is -2.15. The van der Waals surface area contributed by atoms with Crippen LogP contribution in [-0.4, -0.2) is 31.4 Å².